The summed E-state index contributed by atoms with van der Waals surface area (Å²) in [5.41, 5.74) is 4.35. The number of nitrogens with two attached hydrogens (primary N) is 1. The Morgan fingerprint density at radius 2 is 2.36 bits per heavy atom. The van der Waals surface area contributed by atoms with Crippen molar-refractivity contribution in [1.29, 1.82) is 0 Å². The molecule has 60 valence electrons. The van der Waals surface area contributed by atoms with E-state index >= 15 is 0 Å². The molecule has 0 fully saturated rings. The van der Waals surface area contributed by atoms with Gasteiger partial charge in [0.25, 0.3) is 0 Å². The van der Waals surface area contributed by atoms with Gasteiger partial charge < -0.3 is 9.84 Å². The summed E-state index contributed by atoms with van der Waals surface area (Å²) in [5, 5.41) is 8.41. The maximum atomic E-state index is 10.3. The van der Waals surface area contributed by atoms with Crippen LogP contribution in [-0.2, 0) is 9.53 Å². The number of carboxylic acid groups (broad SMARTS) is 1. The Morgan fingerprint density at radius 1 is 1.64 bits per heavy atom. The highest BCUT2D eigenvalue weighted by Crippen LogP contribution is 2.14. The SMILES string of the molecule is NC1(CC(=O)O)C=CC=CO1. The molecule has 0 radical (unpaired) electrons. The predicted molar refractivity (Wildman–Crippen MR) is 38.5 cm³/mol. The Morgan fingerprint density at radius 3 is 2.82 bits per heavy atom. The van der Waals surface area contributed by atoms with Gasteiger partial charge in [-0.25, -0.2) is 0 Å². The van der Waals surface area contributed by atoms with Crippen LogP contribution in [0, 0.1) is 0 Å². The molecular weight excluding hydrogens is 146 g/mol. The Kier molecular flexibility index (Phi) is 1.96. The van der Waals surface area contributed by atoms with E-state index in [1.54, 1.807) is 12.2 Å². The highest BCUT2D eigenvalue weighted by molar-refractivity contribution is 5.68. The number of carbonyl (C=O) groups is 1. The summed E-state index contributed by atoms with van der Waals surface area (Å²) < 4.78 is 4.91. The Hall–Kier alpha value is -1.29. The van der Waals surface area contributed by atoms with Crippen LogP contribution in [0.25, 0.3) is 0 Å². The van der Waals surface area contributed by atoms with E-state index in [2.05, 4.69) is 0 Å². The van der Waals surface area contributed by atoms with Gasteiger partial charge in [0.2, 0.25) is 0 Å². The van der Waals surface area contributed by atoms with Gasteiger partial charge in [-0.2, -0.15) is 0 Å². The lowest BCUT2D eigenvalue weighted by molar-refractivity contribution is -0.141. The molecular formula is C7H9NO3. The zero-order chi connectivity index (χ0) is 8.32. The van der Waals surface area contributed by atoms with Crippen molar-refractivity contribution in [3.63, 3.8) is 0 Å². The molecule has 0 amide bonds. The molecule has 0 saturated carbocycles. The minimum Gasteiger partial charge on any atom is -0.481 e. The molecule has 4 heteroatoms. The van der Waals surface area contributed by atoms with Gasteiger partial charge in [-0.15, -0.1) is 0 Å². The summed E-state index contributed by atoms with van der Waals surface area (Å²) in [4.78, 5) is 10.3. The number of allylic oxidation sites excluding steroid dienone is 2. The molecule has 0 spiro atoms. The Balaban J connectivity index is 2.61. The first-order valence-electron chi connectivity index (χ1n) is 3.15. The van der Waals surface area contributed by atoms with Gasteiger partial charge in [-0.3, -0.25) is 10.5 Å². The van der Waals surface area contributed by atoms with E-state index < -0.39 is 11.7 Å². The van der Waals surface area contributed by atoms with E-state index in [1.807, 2.05) is 0 Å². The molecule has 4 nitrogen and oxygen atoms in total. The fraction of sp³-hybridized carbons (Fsp3) is 0.286. The molecule has 1 aliphatic rings. The number of aliphatic carboxylic acids is 1. The van der Waals surface area contributed by atoms with Crippen molar-refractivity contribution in [2.24, 2.45) is 5.73 Å². The maximum absolute atomic E-state index is 10.3. The fourth-order valence-electron chi connectivity index (χ4n) is 0.806. The molecule has 1 unspecified atom stereocenters. The summed E-state index contributed by atoms with van der Waals surface area (Å²) in [5.74, 6) is -0.979. The normalized spacial score (nSPS) is 28.1. The van der Waals surface area contributed by atoms with Crippen molar-refractivity contribution in [2.45, 2.75) is 12.1 Å². The number of hydrogen-bond donors (Lipinski definition) is 2. The Labute approximate surface area is 64.0 Å². The number of rotatable bonds is 2. The number of carboxylic acids is 1. The first-order valence-corrected chi connectivity index (χ1v) is 3.15. The van der Waals surface area contributed by atoms with E-state index in [0.29, 0.717) is 0 Å². The molecule has 1 rings (SSSR count). The van der Waals surface area contributed by atoms with Crippen LogP contribution in [-0.4, -0.2) is 16.8 Å². The van der Waals surface area contributed by atoms with Crippen LogP contribution in [0.15, 0.2) is 24.5 Å². The van der Waals surface area contributed by atoms with Crippen LogP contribution in [0.4, 0.5) is 0 Å². The van der Waals surface area contributed by atoms with Gasteiger partial charge in [0.05, 0.1) is 6.26 Å². The Bertz CT molecular complexity index is 222. The van der Waals surface area contributed by atoms with Crippen LogP contribution in [0.5, 0.6) is 0 Å². The van der Waals surface area contributed by atoms with Crippen LogP contribution in [0.1, 0.15) is 6.42 Å². The summed E-state index contributed by atoms with van der Waals surface area (Å²) >= 11 is 0. The molecule has 0 aromatic carbocycles. The van der Waals surface area contributed by atoms with Crippen LogP contribution < -0.4 is 5.73 Å². The minimum absolute atomic E-state index is 0.228. The van der Waals surface area contributed by atoms with Gasteiger partial charge >= 0.3 is 5.97 Å². The number of ether oxygens (including phenoxy) is 1. The second-order valence-electron chi connectivity index (χ2n) is 2.33. The van der Waals surface area contributed by atoms with Gasteiger partial charge in [-0.05, 0) is 12.2 Å². The topological polar surface area (TPSA) is 72.6 Å². The van der Waals surface area contributed by atoms with Crippen molar-refractivity contribution in [3.8, 4) is 0 Å². The monoisotopic (exact) mass is 155 g/mol. The van der Waals surface area contributed by atoms with E-state index in [0.717, 1.165) is 0 Å². The molecule has 1 aliphatic heterocycles. The molecule has 1 heterocycles. The quantitative estimate of drug-likeness (QED) is 0.598. The van der Waals surface area contributed by atoms with Gasteiger partial charge in [0.1, 0.15) is 6.42 Å². The van der Waals surface area contributed by atoms with Crippen molar-refractivity contribution in [2.75, 3.05) is 0 Å². The lowest BCUT2D eigenvalue weighted by Gasteiger charge is -2.24. The van der Waals surface area contributed by atoms with Crippen LogP contribution >= 0.6 is 0 Å². The third kappa shape index (κ3) is 2.09. The van der Waals surface area contributed by atoms with Gasteiger partial charge in [0.15, 0.2) is 5.72 Å². The van der Waals surface area contributed by atoms with Gasteiger partial charge in [-0.1, -0.05) is 6.08 Å². The highest BCUT2D eigenvalue weighted by Gasteiger charge is 2.26. The van der Waals surface area contributed by atoms with Crippen molar-refractivity contribution in [3.05, 3.63) is 24.5 Å². The molecule has 1 atom stereocenters. The summed E-state index contributed by atoms with van der Waals surface area (Å²) in [7, 11) is 0. The zero-order valence-electron chi connectivity index (χ0n) is 5.86. The molecule has 0 bridgehead atoms. The lowest BCUT2D eigenvalue weighted by atomic mass is 10.1. The maximum Gasteiger partial charge on any atom is 0.309 e. The van der Waals surface area contributed by atoms with Crippen LogP contribution in [0.2, 0.25) is 0 Å². The second kappa shape index (κ2) is 2.75. The van der Waals surface area contributed by atoms with E-state index in [1.165, 1.54) is 12.3 Å². The molecule has 0 aromatic rings. The average molecular weight is 155 g/mol. The first-order chi connectivity index (χ1) is 5.12. The highest BCUT2D eigenvalue weighted by atomic mass is 16.5. The van der Waals surface area contributed by atoms with E-state index in [-0.39, 0.29) is 6.42 Å². The summed E-state index contributed by atoms with van der Waals surface area (Å²) in [6.45, 7) is 0. The molecule has 0 saturated heterocycles. The van der Waals surface area contributed by atoms with Crippen molar-refractivity contribution >= 4 is 5.97 Å². The van der Waals surface area contributed by atoms with E-state index in [4.69, 9.17) is 15.6 Å². The minimum atomic E-state index is -1.17. The standard InChI is InChI=1S/C7H9NO3/c8-7(5-6(9)10)3-1-2-4-11-7/h1-4H,5,8H2,(H,9,10). The molecule has 0 aromatic heterocycles. The molecule has 0 aliphatic carbocycles. The molecule has 3 N–H and O–H groups in total. The largest absolute Gasteiger partial charge is 0.481 e. The first kappa shape index (κ1) is 7.81. The fourth-order valence-corrected chi connectivity index (χ4v) is 0.806. The van der Waals surface area contributed by atoms with Crippen molar-refractivity contribution in [1.82, 2.24) is 0 Å². The van der Waals surface area contributed by atoms with Crippen molar-refractivity contribution < 1.29 is 14.6 Å². The summed E-state index contributed by atoms with van der Waals surface area (Å²) in [6, 6.07) is 0. The van der Waals surface area contributed by atoms with E-state index in [9.17, 15) is 4.79 Å². The lowest BCUT2D eigenvalue weighted by Crippen LogP contribution is -2.42. The summed E-state index contributed by atoms with van der Waals surface area (Å²) in [6.07, 6.45) is 5.97. The second-order valence-corrected chi connectivity index (χ2v) is 2.33. The van der Waals surface area contributed by atoms with Gasteiger partial charge in [0, 0.05) is 0 Å². The smallest absolute Gasteiger partial charge is 0.309 e. The third-order valence-electron chi connectivity index (χ3n) is 1.28. The average Bonchev–Trinajstić information content (AvgIpc) is 1.85. The van der Waals surface area contributed by atoms with Crippen LogP contribution in [0.3, 0.4) is 0 Å². The molecule has 11 heavy (non-hydrogen) atoms. The number of hydrogen-bond acceptors (Lipinski definition) is 3. The zero-order valence-corrected chi connectivity index (χ0v) is 5.86. The third-order valence-corrected chi connectivity index (χ3v) is 1.28. The predicted octanol–water partition coefficient (Wildman–Crippen LogP) is 0.216.